The number of hydrogen-bond acceptors (Lipinski definition) is 6. The van der Waals surface area contributed by atoms with Gasteiger partial charge in [0.05, 0.1) is 11.0 Å². The number of aliphatic carboxylic acids is 1. The summed E-state index contributed by atoms with van der Waals surface area (Å²) in [7, 11) is 1.87. The number of phenols is 1. The maximum atomic E-state index is 10.9. The first kappa shape index (κ1) is 25.8. The fraction of sp³-hybridized carbons (Fsp3) is 0.720. The van der Waals surface area contributed by atoms with E-state index in [9.17, 15) is 9.90 Å². The third-order valence-corrected chi connectivity index (χ3v) is 9.06. The van der Waals surface area contributed by atoms with Crippen LogP contribution in [-0.2, 0) is 21.4 Å². The molecule has 3 aliphatic carbocycles. The molecule has 2 heterocycles. The number of aromatic hydroxyl groups is 1. The highest BCUT2D eigenvalue weighted by Crippen LogP contribution is 2.66. The van der Waals surface area contributed by atoms with Crippen molar-refractivity contribution in [2.75, 3.05) is 26.7 Å². The smallest absolute Gasteiger partial charge is 0.303 e. The lowest BCUT2D eigenvalue weighted by Crippen LogP contribution is -2.78. The number of ether oxygens (including phenoxy) is 2. The number of carbonyl (C=O) groups is 1. The van der Waals surface area contributed by atoms with Gasteiger partial charge in [0.2, 0.25) is 0 Å². The molecule has 1 aromatic rings. The number of carboxylic acid groups (broad SMARTS) is 1. The number of carboxylic acids is 1. The van der Waals surface area contributed by atoms with Crippen molar-refractivity contribution in [3.63, 3.8) is 0 Å². The van der Waals surface area contributed by atoms with Gasteiger partial charge < -0.3 is 25.0 Å². The Morgan fingerprint density at radius 3 is 2.76 bits per heavy atom. The second-order valence-electron chi connectivity index (χ2n) is 10.6. The van der Waals surface area contributed by atoms with Crippen LogP contribution in [0.25, 0.3) is 0 Å². The maximum absolute atomic E-state index is 10.9. The van der Waals surface area contributed by atoms with Gasteiger partial charge in [0.25, 0.3) is 0 Å². The van der Waals surface area contributed by atoms with E-state index in [2.05, 4.69) is 16.3 Å². The van der Waals surface area contributed by atoms with Gasteiger partial charge in [-0.25, -0.2) is 0 Å². The van der Waals surface area contributed by atoms with Crippen molar-refractivity contribution >= 4 is 30.8 Å². The molecule has 5 aliphatic rings. The van der Waals surface area contributed by atoms with Crippen molar-refractivity contribution in [3.05, 3.63) is 23.3 Å². The summed E-state index contributed by atoms with van der Waals surface area (Å²) < 4.78 is 13.2. The number of rotatable bonds is 8. The number of likely N-dealkylation sites (tertiary alicyclic amines) is 1. The fourth-order valence-electron chi connectivity index (χ4n) is 7.61. The van der Waals surface area contributed by atoms with E-state index < -0.39 is 5.97 Å². The zero-order chi connectivity index (χ0) is 22.1. The Morgan fingerprint density at radius 1 is 1.26 bits per heavy atom. The normalized spacial score (nSPS) is 34.9. The lowest BCUT2D eigenvalue weighted by Gasteiger charge is -2.65. The van der Waals surface area contributed by atoms with Gasteiger partial charge in [0.15, 0.2) is 11.5 Å². The third-order valence-electron chi connectivity index (χ3n) is 9.06. The second-order valence-corrected chi connectivity index (χ2v) is 10.6. The molecule has 0 radical (unpaired) electrons. The molecule has 0 unspecified atom stereocenters. The SMILES string of the molecule is CO[C@@]12CC[C@H](NCCCC(=O)O)[C@@H]3Oc4c(O)ccc5c4[C@@]31CCN(CC1CC1)[C@@H]2C5.Cl.Cl. The number of nitrogens with one attached hydrogen (secondary N) is 1. The van der Waals surface area contributed by atoms with E-state index in [1.165, 1.54) is 24.0 Å². The van der Waals surface area contributed by atoms with Gasteiger partial charge >= 0.3 is 5.97 Å². The molecule has 9 heteroatoms. The van der Waals surface area contributed by atoms with Crippen LogP contribution in [0.4, 0.5) is 0 Å². The number of benzene rings is 1. The molecular formula is C25H36Cl2N2O5. The van der Waals surface area contributed by atoms with Crippen molar-refractivity contribution in [2.45, 2.75) is 80.6 Å². The predicted molar refractivity (Wildman–Crippen MR) is 133 cm³/mol. The van der Waals surface area contributed by atoms with Gasteiger partial charge in [-0.2, -0.15) is 0 Å². The number of phenolic OH excluding ortho intramolecular Hbond substituents is 1. The van der Waals surface area contributed by atoms with Gasteiger partial charge in [0, 0.05) is 37.7 Å². The summed E-state index contributed by atoms with van der Waals surface area (Å²) in [6.45, 7) is 2.85. The average Bonchev–Trinajstić information content (AvgIpc) is 3.52. The Balaban J connectivity index is 0.00000137. The van der Waals surface area contributed by atoms with Gasteiger partial charge in [-0.15, -0.1) is 24.8 Å². The minimum atomic E-state index is -0.760. The van der Waals surface area contributed by atoms with Crippen LogP contribution in [0, 0.1) is 5.92 Å². The van der Waals surface area contributed by atoms with Crippen LogP contribution >= 0.6 is 24.8 Å². The molecule has 2 saturated carbocycles. The standard InChI is InChI=1S/C25H34N2O5.2ClH/c1-31-25-9-8-17(26-11-2-3-20(29)30)23-24(25)10-12-27(14-15-4-5-15)19(25)13-16-6-7-18(28)22(32-23)21(16)24;;/h6-7,15,17,19,23,26,28H,2-5,8-14H2,1H3,(H,29,30);2*1H/t17-,19+,23-,24-,25+;;/m0../s1. The van der Waals surface area contributed by atoms with Crippen LogP contribution in [-0.4, -0.2) is 71.6 Å². The summed E-state index contributed by atoms with van der Waals surface area (Å²) in [6, 6.07) is 4.32. The number of piperidine rings is 1. The molecule has 1 spiro atoms. The summed E-state index contributed by atoms with van der Waals surface area (Å²) in [5, 5.41) is 23.4. The summed E-state index contributed by atoms with van der Waals surface area (Å²) >= 11 is 0. The monoisotopic (exact) mass is 514 g/mol. The van der Waals surface area contributed by atoms with Crippen molar-refractivity contribution in [3.8, 4) is 11.5 Å². The van der Waals surface area contributed by atoms with Gasteiger partial charge in [0.1, 0.15) is 6.10 Å². The Bertz CT molecular complexity index is 944. The van der Waals surface area contributed by atoms with E-state index in [1.54, 1.807) is 6.07 Å². The lowest BCUT2D eigenvalue weighted by molar-refractivity contribution is -0.207. The zero-order valence-electron chi connectivity index (χ0n) is 19.6. The molecule has 2 aliphatic heterocycles. The predicted octanol–water partition coefficient (Wildman–Crippen LogP) is 3.28. The van der Waals surface area contributed by atoms with Crippen LogP contribution in [0.1, 0.15) is 56.1 Å². The Kier molecular flexibility index (Phi) is 7.08. The summed E-state index contributed by atoms with van der Waals surface area (Å²) in [5.41, 5.74) is 1.88. The average molecular weight is 515 g/mol. The zero-order valence-corrected chi connectivity index (χ0v) is 21.3. The Hall–Kier alpha value is -1.25. The molecule has 5 atom stereocenters. The van der Waals surface area contributed by atoms with Crippen molar-refractivity contribution < 1.29 is 24.5 Å². The molecule has 190 valence electrons. The van der Waals surface area contributed by atoms with Crippen LogP contribution in [0.5, 0.6) is 11.5 Å². The molecule has 0 aromatic heterocycles. The number of nitrogens with zero attached hydrogens (tertiary/aromatic N) is 1. The van der Waals surface area contributed by atoms with Crippen molar-refractivity contribution in [1.29, 1.82) is 0 Å². The Labute approximate surface area is 213 Å². The fourth-order valence-corrected chi connectivity index (χ4v) is 7.61. The topological polar surface area (TPSA) is 91.3 Å². The van der Waals surface area contributed by atoms with Gasteiger partial charge in [-0.3, -0.25) is 9.69 Å². The van der Waals surface area contributed by atoms with Crippen molar-refractivity contribution in [2.24, 2.45) is 5.92 Å². The van der Waals surface area contributed by atoms with Gasteiger partial charge in [-0.05, 0) is 75.6 Å². The minimum Gasteiger partial charge on any atom is -0.504 e. The lowest BCUT2D eigenvalue weighted by atomic mass is 9.48. The molecule has 2 bridgehead atoms. The molecule has 3 N–H and O–H groups in total. The number of methoxy groups -OCH3 is 1. The molecular weight excluding hydrogens is 479 g/mol. The molecule has 34 heavy (non-hydrogen) atoms. The molecule has 7 nitrogen and oxygen atoms in total. The van der Waals surface area contributed by atoms with E-state index >= 15 is 0 Å². The number of halogens is 2. The summed E-state index contributed by atoms with van der Waals surface area (Å²) in [6.07, 6.45) is 7.11. The highest BCUT2D eigenvalue weighted by Gasteiger charge is 2.73. The molecule has 3 fully saturated rings. The van der Waals surface area contributed by atoms with Crippen LogP contribution in [0.15, 0.2) is 12.1 Å². The minimum absolute atomic E-state index is 0. The van der Waals surface area contributed by atoms with E-state index in [0.717, 1.165) is 44.7 Å². The van der Waals surface area contributed by atoms with E-state index in [0.29, 0.717) is 24.8 Å². The quantitative estimate of drug-likeness (QED) is 0.458. The molecule has 1 aromatic carbocycles. The van der Waals surface area contributed by atoms with Gasteiger partial charge in [-0.1, -0.05) is 6.07 Å². The van der Waals surface area contributed by atoms with Crippen molar-refractivity contribution in [1.82, 2.24) is 10.2 Å². The third kappa shape index (κ3) is 3.53. The first-order chi connectivity index (χ1) is 15.5. The summed E-state index contributed by atoms with van der Waals surface area (Å²) in [4.78, 5) is 13.6. The second kappa shape index (κ2) is 9.32. The maximum Gasteiger partial charge on any atom is 0.303 e. The van der Waals surface area contributed by atoms with E-state index in [1.807, 2.05) is 7.11 Å². The van der Waals surface area contributed by atoms with Crippen LogP contribution in [0.3, 0.4) is 0 Å². The number of hydrogen-bond donors (Lipinski definition) is 3. The molecule has 6 rings (SSSR count). The highest BCUT2D eigenvalue weighted by molar-refractivity contribution is 5.85. The van der Waals surface area contributed by atoms with E-state index in [4.69, 9.17) is 14.6 Å². The van der Waals surface area contributed by atoms with Crippen LogP contribution < -0.4 is 10.1 Å². The highest BCUT2D eigenvalue weighted by atomic mass is 35.5. The summed E-state index contributed by atoms with van der Waals surface area (Å²) in [5.74, 6) is 0.950. The van der Waals surface area contributed by atoms with E-state index in [-0.39, 0.29) is 60.1 Å². The first-order valence-corrected chi connectivity index (χ1v) is 12.3. The molecule has 0 amide bonds. The largest absolute Gasteiger partial charge is 0.504 e. The molecule has 1 saturated heterocycles. The first-order valence-electron chi connectivity index (χ1n) is 12.3. The Morgan fingerprint density at radius 2 is 2.06 bits per heavy atom. The van der Waals surface area contributed by atoms with Crippen LogP contribution in [0.2, 0.25) is 0 Å².